The topological polar surface area (TPSA) is 0 Å². The molecule has 2 radical (unpaired) electrons. The van der Waals surface area contributed by atoms with Crippen LogP contribution in [0.5, 0.6) is 0 Å². The van der Waals surface area contributed by atoms with Gasteiger partial charge in [-0.25, -0.2) is 0 Å². The van der Waals surface area contributed by atoms with Crippen molar-refractivity contribution in [3.63, 3.8) is 0 Å². The van der Waals surface area contributed by atoms with Crippen LogP contribution in [-0.4, -0.2) is 0 Å². The average Bonchev–Trinajstić information content (AvgIpc) is 3.03. The zero-order valence-corrected chi connectivity index (χ0v) is 11.1. The minimum absolute atomic E-state index is 1.28. The van der Waals surface area contributed by atoms with Crippen molar-refractivity contribution in [1.82, 2.24) is 0 Å². The Hall–Kier alpha value is -1.38. The van der Waals surface area contributed by atoms with Gasteiger partial charge in [0.05, 0.1) is 0 Å². The fourth-order valence-corrected chi connectivity index (χ4v) is 2.52. The predicted octanol–water partition coefficient (Wildman–Crippen LogP) is 5.07. The van der Waals surface area contributed by atoms with Gasteiger partial charge in [0.1, 0.15) is 0 Å². The molecule has 1 aromatic carbocycles. The third kappa shape index (κ3) is 3.84. The van der Waals surface area contributed by atoms with Crippen molar-refractivity contribution >= 4 is 22.7 Å². The lowest BCUT2D eigenvalue weighted by atomic mass is 10.2. The van der Waals surface area contributed by atoms with Crippen LogP contribution in [0.15, 0.2) is 53.9 Å². The second kappa shape index (κ2) is 6.38. The minimum atomic E-state index is 1.28. The van der Waals surface area contributed by atoms with Crippen LogP contribution in [-0.2, 0) is 0 Å². The van der Waals surface area contributed by atoms with Gasteiger partial charge in [0.25, 0.3) is 0 Å². The molecule has 0 atom stereocenters. The highest BCUT2D eigenvalue weighted by atomic mass is 32.1. The first-order chi connectivity index (χ1) is 8.36. The molecular formula is C15H12S2. The first-order valence-electron chi connectivity index (χ1n) is 5.29. The van der Waals surface area contributed by atoms with Crippen LogP contribution < -0.4 is 0 Å². The van der Waals surface area contributed by atoms with Crippen LogP contribution >= 0.6 is 22.7 Å². The van der Waals surface area contributed by atoms with Crippen molar-refractivity contribution in [2.24, 2.45) is 0 Å². The first-order valence-corrected chi connectivity index (χ1v) is 6.98. The van der Waals surface area contributed by atoms with Crippen molar-refractivity contribution in [2.45, 2.75) is 6.92 Å². The molecule has 0 fully saturated rings. The van der Waals surface area contributed by atoms with E-state index in [1.54, 1.807) is 22.7 Å². The van der Waals surface area contributed by atoms with Gasteiger partial charge in [0.15, 0.2) is 0 Å². The molecule has 2 heterocycles. The molecule has 0 saturated heterocycles. The van der Waals surface area contributed by atoms with E-state index in [1.165, 1.54) is 16.0 Å². The average molecular weight is 256 g/mol. The van der Waals surface area contributed by atoms with Gasteiger partial charge in [-0.15, -0.1) is 22.7 Å². The third-order valence-electron chi connectivity index (χ3n) is 2.13. The van der Waals surface area contributed by atoms with Gasteiger partial charge in [-0.1, -0.05) is 30.3 Å². The Labute approximate surface area is 110 Å². The molecule has 0 nitrogen and oxygen atoms in total. The molecule has 2 aromatic heterocycles. The number of hydrogen-bond acceptors (Lipinski definition) is 2. The zero-order valence-electron chi connectivity index (χ0n) is 9.51. The van der Waals surface area contributed by atoms with E-state index in [0.29, 0.717) is 0 Å². The Morgan fingerprint density at radius 2 is 1.82 bits per heavy atom. The van der Waals surface area contributed by atoms with Crippen LogP contribution in [0, 0.1) is 17.7 Å². The number of aryl methyl sites for hydroxylation is 1. The van der Waals surface area contributed by atoms with E-state index >= 15 is 0 Å². The minimum Gasteiger partial charge on any atom is -0.143 e. The van der Waals surface area contributed by atoms with Gasteiger partial charge in [-0.05, 0) is 41.6 Å². The van der Waals surface area contributed by atoms with E-state index in [1.807, 2.05) is 18.2 Å². The molecule has 0 unspecified atom stereocenters. The highest BCUT2D eigenvalue weighted by Gasteiger charge is 1.94. The monoisotopic (exact) mass is 256 g/mol. The normalized spacial score (nSPS) is 9.47. The van der Waals surface area contributed by atoms with E-state index in [9.17, 15) is 0 Å². The van der Waals surface area contributed by atoms with Gasteiger partial charge in [-0.2, -0.15) is 0 Å². The van der Waals surface area contributed by atoms with Gasteiger partial charge in [0.2, 0.25) is 0 Å². The smallest absolute Gasteiger partial charge is 0.0449 e. The van der Waals surface area contributed by atoms with Gasteiger partial charge >= 0.3 is 0 Å². The molecule has 0 saturated carbocycles. The molecular weight excluding hydrogens is 244 g/mol. The Kier molecular flexibility index (Phi) is 4.54. The Morgan fingerprint density at radius 3 is 2.29 bits per heavy atom. The SMILES string of the molecule is Cc1c[c]sc1.[c]1ccc(-c2ccccc2)s1. The lowest BCUT2D eigenvalue weighted by Gasteiger charge is -1.93. The van der Waals surface area contributed by atoms with Gasteiger partial charge < -0.3 is 0 Å². The van der Waals surface area contributed by atoms with E-state index in [2.05, 4.69) is 53.4 Å². The van der Waals surface area contributed by atoms with Crippen molar-refractivity contribution in [2.75, 3.05) is 0 Å². The van der Waals surface area contributed by atoms with Crippen molar-refractivity contribution < 1.29 is 0 Å². The molecule has 0 aliphatic heterocycles. The summed E-state index contributed by atoms with van der Waals surface area (Å²) < 4.78 is 0. The van der Waals surface area contributed by atoms with Crippen LogP contribution in [0.1, 0.15) is 5.56 Å². The summed E-state index contributed by atoms with van der Waals surface area (Å²) in [5.41, 5.74) is 2.58. The van der Waals surface area contributed by atoms with Crippen molar-refractivity contribution in [3.05, 3.63) is 70.2 Å². The first kappa shape index (κ1) is 12.1. The maximum Gasteiger partial charge on any atom is 0.0449 e. The molecule has 0 N–H and O–H groups in total. The van der Waals surface area contributed by atoms with Crippen LogP contribution in [0.3, 0.4) is 0 Å². The molecule has 0 aliphatic rings. The molecule has 2 heteroatoms. The molecule has 0 spiro atoms. The number of benzene rings is 1. The summed E-state index contributed by atoms with van der Waals surface area (Å²) in [7, 11) is 0. The summed E-state index contributed by atoms with van der Waals surface area (Å²) in [6.45, 7) is 2.06. The molecule has 3 aromatic rings. The molecule has 0 aliphatic carbocycles. The van der Waals surface area contributed by atoms with E-state index in [4.69, 9.17) is 0 Å². The van der Waals surface area contributed by atoms with Crippen molar-refractivity contribution in [3.8, 4) is 10.4 Å². The zero-order chi connectivity index (χ0) is 11.9. The number of hydrogen-bond donors (Lipinski definition) is 0. The van der Waals surface area contributed by atoms with Crippen LogP contribution in [0.2, 0.25) is 0 Å². The largest absolute Gasteiger partial charge is 0.143 e. The number of rotatable bonds is 1. The standard InChI is InChI=1S/C10H7S.C5H5S/c1-2-5-9(6-3-1)10-7-4-8-11-10;1-5-2-3-6-4-5/h1-7H;2,4H,1H3. The molecule has 0 amide bonds. The Balaban J connectivity index is 0.000000153. The van der Waals surface area contributed by atoms with E-state index in [-0.39, 0.29) is 0 Å². The van der Waals surface area contributed by atoms with Crippen LogP contribution in [0.4, 0.5) is 0 Å². The van der Waals surface area contributed by atoms with Gasteiger partial charge in [0, 0.05) is 15.6 Å². The highest BCUT2D eigenvalue weighted by Crippen LogP contribution is 2.22. The second-order valence-corrected chi connectivity index (χ2v) is 5.11. The highest BCUT2D eigenvalue weighted by molar-refractivity contribution is 7.13. The summed E-state index contributed by atoms with van der Waals surface area (Å²) in [5, 5.41) is 8.11. The maximum absolute atomic E-state index is 3.07. The summed E-state index contributed by atoms with van der Waals surface area (Å²) in [6, 6.07) is 16.4. The second-order valence-electron chi connectivity index (χ2n) is 3.53. The van der Waals surface area contributed by atoms with E-state index in [0.717, 1.165) is 0 Å². The Bertz CT molecular complexity index is 507. The third-order valence-corrected chi connectivity index (χ3v) is 3.72. The summed E-state index contributed by atoms with van der Waals surface area (Å²) in [6.07, 6.45) is 0. The molecule has 0 bridgehead atoms. The summed E-state index contributed by atoms with van der Waals surface area (Å²) in [4.78, 5) is 1.28. The fraction of sp³-hybridized carbons (Fsp3) is 0.0667. The molecule has 84 valence electrons. The molecule has 3 rings (SSSR count). The maximum atomic E-state index is 3.07. The number of thiophene rings is 2. The predicted molar refractivity (Wildman–Crippen MR) is 76.5 cm³/mol. The van der Waals surface area contributed by atoms with Crippen LogP contribution in [0.25, 0.3) is 10.4 Å². The van der Waals surface area contributed by atoms with E-state index < -0.39 is 0 Å². The van der Waals surface area contributed by atoms with Gasteiger partial charge in [-0.3, -0.25) is 0 Å². The fourth-order valence-electron chi connectivity index (χ4n) is 1.29. The summed E-state index contributed by atoms with van der Waals surface area (Å²) >= 11 is 3.27. The lowest BCUT2D eigenvalue weighted by Crippen LogP contribution is -1.67. The van der Waals surface area contributed by atoms with Crippen molar-refractivity contribution in [1.29, 1.82) is 0 Å². The Morgan fingerprint density at radius 1 is 1.00 bits per heavy atom. The lowest BCUT2D eigenvalue weighted by molar-refractivity contribution is 1.56. The summed E-state index contributed by atoms with van der Waals surface area (Å²) in [5.74, 6) is 0. The quantitative estimate of drug-likeness (QED) is 0.570. The molecule has 17 heavy (non-hydrogen) atoms.